The predicted octanol–water partition coefficient (Wildman–Crippen LogP) is 0.263. The minimum atomic E-state index is -3.52. The lowest BCUT2D eigenvalue weighted by molar-refractivity contribution is 0.0963. The smallest absolute Gasteiger partial charge is 0.251 e. The summed E-state index contributed by atoms with van der Waals surface area (Å²) in [6.07, 6.45) is 0. The Morgan fingerprint density at radius 3 is 2.38 bits per heavy atom. The van der Waals surface area contributed by atoms with Gasteiger partial charge in [0.25, 0.3) is 5.91 Å². The molecule has 16 heavy (non-hydrogen) atoms. The summed E-state index contributed by atoms with van der Waals surface area (Å²) in [7, 11) is -0.694. The van der Waals surface area contributed by atoms with Gasteiger partial charge in [0, 0.05) is 12.6 Å². The van der Waals surface area contributed by atoms with Crippen LogP contribution in [0.5, 0.6) is 0 Å². The first-order valence-corrected chi connectivity index (χ1v) is 6.17. The fourth-order valence-corrected chi connectivity index (χ4v) is 2.28. The molecule has 1 amide bonds. The van der Waals surface area contributed by atoms with Crippen LogP contribution in [0.15, 0.2) is 23.1 Å². The van der Waals surface area contributed by atoms with Gasteiger partial charge in [0.15, 0.2) is 0 Å². The topological polar surface area (TPSA) is 75.3 Å². The Balaban J connectivity index is 3.36. The summed E-state index contributed by atoms with van der Waals surface area (Å²) in [6, 6.07) is 4.55. The minimum absolute atomic E-state index is 0.121. The number of amides is 1. The van der Waals surface area contributed by atoms with Gasteiger partial charge in [0.05, 0.1) is 4.90 Å². The Morgan fingerprint density at radius 2 is 1.88 bits per heavy atom. The van der Waals surface area contributed by atoms with Crippen LogP contribution in [0.4, 0.5) is 0 Å². The summed E-state index contributed by atoms with van der Waals surface area (Å²) in [5, 5.41) is 2.44. The third kappa shape index (κ3) is 2.40. The Morgan fingerprint density at radius 1 is 1.25 bits per heavy atom. The summed E-state index contributed by atoms with van der Waals surface area (Å²) in [5.74, 6) is -0.312. The van der Waals surface area contributed by atoms with Crippen molar-refractivity contribution in [3.8, 4) is 0 Å². The van der Waals surface area contributed by atoms with Crippen molar-refractivity contribution in [2.24, 2.45) is 0 Å². The van der Waals surface area contributed by atoms with Crippen LogP contribution in [0.3, 0.4) is 0 Å². The van der Waals surface area contributed by atoms with Gasteiger partial charge in [-0.3, -0.25) is 4.79 Å². The number of sulfonamides is 1. The molecular weight excluding hydrogens is 228 g/mol. The Labute approximate surface area is 94.9 Å². The van der Waals surface area contributed by atoms with Crippen molar-refractivity contribution in [1.29, 1.82) is 0 Å². The van der Waals surface area contributed by atoms with Crippen LogP contribution in [0, 0.1) is 6.92 Å². The Hall–Kier alpha value is -1.40. The lowest BCUT2D eigenvalue weighted by Crippen LogP contribution is -2.22. The molecule has 0 atom stereocenters. The third-order valence-electron chi connectivity index (χ3n) is 2.24. The van der Waals surface area contributed by atoms with Crippen LogP contribution in [0.1, 0.15) is 15.9 Å². The van der Waals surface area contributed by atoms with Crippen LogP contribution >= 0.6 is 0 Å². The normalized spacial score (nSPS) is 11.2. The summed E-state index contributed by atoms with van der Waals surface area (Å²) >= 11 is 0. The van der Waals surface area contributed by atoms with Crippen molar-refractivity contribution in [2.45, 2.75) is 11.8 Å². The highest BCUT2D eigenvalue weighted by Gasteiger charge is 2.16. The van der Waals surface area contributed by atoms with Crippen molar-refractivity contribution < 1.29 is 13.2 Å². The van der Waals surface area contributed by atoms with Gasteiger partial charge >= 0.3 is 0 Å². The first kappa shape index (κ1) is 12.7. The van der Waals surface area contributed by atoms with E-state index in [-0.39, 0.29) is 10.8 Å². The van der Waals surface area contributed by atoms with E-state index in [1.54, 1.807) is 19.1 Å². The van der Waals surface area contributed by atoms with Crippen LogP contribution in [0.25, 0.3) is 0 Å². The molecule has 2 N–H and O–H groups in total. The van der Waals surface area contributed by atoms with Crippen LogP contribution in [-0.4, -0.2) is 28.4 Å². The molecule has 0 fully saturated rings. The quantitative estimate of drug-likeness (QED) is 0.798. The van der Waals surface area contributed by atoms with Gasteiger partial charge in [0.2, 0.25) is 10.0 Å². The molecular formula is C10H14N2O3S. The monoisotopic (exact) mass is 242 g/mol. The van der Waals surface area contributed by atoms with E-state index in [4.69, 9.17) is 0 Å². The van der Waals surface area contributed by atoms with E-state index >= 15 is 0 Å². The molecule has 88 valence electrons. The number of rotatable bonds is 3. The number of carbonyl (C=O) groups is 1. The van der Waals surface area contributed by atoms with Gasteiger partial charge in [0.1, 0.15) is 0 Å². The van der Waals surface area contributed by atoms with Gasteiger partial charge in [-0.05, 0) is 31.7 Å². The first-order valence-electron chi connectivity index (χ1n) is 4.68. The average molecular weight is 242 g/mol. The molecule has 5 nitrogen and oxygen atoms in total. The maximum atomic E-state index is 11.6. The highest BCUT2D eigenvalue weighted by molar-refractivity contribution is 7.89. The highest BCUT2D eigenvalue weighted by Crippen LogP contribution is 2.16. The van der Waals surface area contributed by atoms with E-state index in [2.05, 4.69) is 10.0 Å². The Bertz CT molecular complexity index is 509. The van der Waals surface area contributed by atoms with E-state index in [0.29, 0.717) is 11.1 Å². The van der Waals surface area contributed by atoms with Crippen LogP contribution in [0.2, 0.25) is 0 Å². The molecule has 0 radical (unpaired) electrons. The molecule has 0 aromatic heterocycles. The van der Waals surface area contributed by atoms with Crippen molar-refractivity contribution in [1.82, 2.24) is 10.0 Å². The average Bonchev–Trinajstić information content (AvgIpc) is 2.28. The maximum absolute atomic E-state index is 11.6. The van der Waals surface area contributed by atoms with Crippen molar-refractivity contribution >= 4 is 15.9 Å². The summed E-state index contributed by atoms with van der Waals surface area (Å²) < 4.78 is 25.5. The lowest BCUT2D eigenvalue weighted by Gasteiger charge is -2.08. The molecule has 0 aliphatic rings. The van der Waals surface area contributed by atoms with Gasteiger partial charge in [-0.15, -0.1) is 0 Å². The summed E-state index contributed by atoms with van der Waals surface area (Å²) in [4.78, 5) is 11.5. The largest absolute Gasteiger partial charge is 0.355 e. The fourth-order valence-electron chi connectivity index (χ4n) is 1.29. The molecule has 0 aliphatic heterocycles. The lowest BCUT2D eigenvalue weighted by atomic mass is 10.1. The van der Waals surface area contributed by atoms with Crippen molar-refractivity contribution in [3.05, 3.63) is 29.3 Å². The van der Waals surface area contributed by atoms with Gasteiger partial charge < -0.3 is 5.32 Å². The second-order valence-corrected chi connectivity index (χ2v) is 5.12. The summed E-state index contributed by atoms with van der Waals surface area (Å²) in [6.45, 7) is 1.68. The van der Waals surface area contributed by atoms with Gasteiger partial charge in [-0.25, -0.2) is 13.1 Å². The minimum Gasteiger partial charge on any atom is -0.355 e. The number of aryl methyl sites for hydroxylation is 1. The molecule has 0 bridgehead atoms. The maximum Gasteiger partial charge on any atom is 0.251 e. The molecule has 0 saturated heterocycles. The Kier molecular flexibility index (Phi) is 3.66. The van der Waals surface area contributed by atoms with E-state index in [9.17, 15) is 13.2 Å². The summed E-state index contributed by atoms with van der Waals surface area (Å²) in [5.41, 5.74) is 0.920. The predicted molar refractivity (Wildman–Crippen MR) is 60.8 cm³/mol. The second-order valence-electron chi connectivity index (χ2n) is 3.27. The van der Waals surface area contributed by atoms with Crippen LogP contribution in [-0.2, 0) is 10.0 Å². The standard InChI is InChI=1S/C10H14N2O3S/c1-7-4-5-8(10(13)11-2)6-9(7)16(14,15)12-3/h4-6,12H,1-3H3,(H,11,13). The zero-order valence-electron chi connectivity index (χ0n) is 9.37. The molecule has 0 heterocycles. The van der Waals surface area contributed by atoms with Crippen molar-refractivity contribution in [2.75, 3.05) is 14.1 Å². The van der Waals surface area contributed by atoms with E-state index in [0.717, 1.165) is 0 Å². The zero-order valence-corrected chi connectivity index (χ0v) is 10.2. The molecule has 0 unspecified atom stereocenters. The van der Waals surface area contributed by atoms with E-state index in [1.165, 1.54) is 20.2 Å². The van der Waals surface area contributed by atoms with Crippen molar-refractivity contribution in [3.63, 3.8) is 0 Å². The molecule has 6 heteroatoms. The number of nitrogens with one attached hydrogen (secondary N) is 2. The van der Waals surface area contributed by atoms with E-state index in [1.807, 2.05) is 0 Å². The van der Waals surface area contributed by atoms with Gasteiger partial charge in [-0.1, -0.05) is 6.07 Å². The fraction of sp³-hybridized carbons (Fsp3) is 0.300. The molecule has 1 aromatic carbocycles. The SMILES string of the molecule is CNC(=O)c1ccc(C)c(S(=O)(=O)NC)c1. The molecule has 1 rings (SSSR count). The molecule has 0 saturated carbocycles. The third-order valence-corrected chi connectivity index (χ3v) is 3.79. The zero-order chi connectivity index (χ0) is 12.3. The number of carbonyl (C=O) groups excluding carboxylic acids is 1. The first-order chi connectivity index (χ1) is 7.42. The van der Waals surface area contributed by atoms with Gasteiger partial charge in [-0.2, -0.15) is 0 Å². The number of hydrogen-bond acceptors (Lipinski definition) is 3. The second kappa shape index (κ2) is 4.63. The molecule has 0 aliphatic carbocycles. The van der Waals surface area contributed by atoms with E-state index < -0.39 is 10.0 Å². The number of benzene rings is 1. The number of hydrogen-bond donors (Lipinski definition) is 2. The molecule has 0 spiro atoms. The highest BCUT2D eigenvalue weighted by atomic mass is 32.2. The van der Waals surface area contributed by atoms with Crippen LogP contribution < -0.4 is 10.0 Å². The molecule has 1 aromatic rings.